The van der Waals surface area contributed by atoms with Crippen molar-refractivity contribution >= 4 is 17.8 Å². The van der Waals surface area contributed by atoms with Crippen LogP contribution in [-0.4, -0.2) is 37.6 Å². The fraction of sp³-hybridized carbons (Fsp3) is 0.533. The van der Waals surface area contributed by atoms with Crippen molar-refractivity contribution in [3.8, 4) is 0 Å². The van der Waals surface area contributed by atoms with E-state index < -0.39 is 29.3 Å². The summed E-state index contributed by atoms with van der Waals surface area (Å²) >= 11 is 0. The molecule has 3 aliphatic rings. The smallest absolute Gasteiger partial charge is 0.337 e. The molecule has 2 heterocycles. The average Bonchev–Trinajstić information content (AvgIpc) is 2.56. The Morgan fingerprint density at radius 1 is 1.24 bits per heavy atom. The highest BCUT2D eigenvalue weighted by molar-refractivity contribution is 6.06. The van der Waals surface area contributed by atoms with Crippen LogP contribution in [0.15, 0.2) is 22.8 Å². The maximum absolute atomic E-state index is 12.3. The molecule has 0 aromatic rings. The van der Waals surface area contributed by atoms with E-state index in [2.05, 4.69) is 5.32 Å². The van der Waals surface area contributed by atoms with Gasteiger partial charge in [0.2, 0.25) is 5.91 Å². The van der Waals surface area contributed by atoms with Gasteiger partial charge in [0.25, 0.3) is 0 Å². The van der Waals surface area contributed by atoms with Gasteiger partial charge in [-0.15, -0.1) is 0 Å². The molecule has 6 heteroatoms. The minimum Gasteiger partial charge on any atom is -0.466 e. The van der Waals surface area contributed by atoms with Crippen LogP contribution in [0.25, 0.3) is 0 Å². The minimum absolute atomic E-state index is 0.144. The SMILES string of the molecule is COC(=O)C1=C(C(=O)OC)[C@]2(C)C=C(C)[C@@H]1[C@@H](C)C(=O)N2. The Hall–Kier alpha value is -2.11. The minimum atomic E-state index is -1.07. The first kappa shape index (κ1) is 15.3. The molecule has 2 aliphatic heterocycles. The normalized spacial score (nSPS) is 31.3. The summed E-state index contributed by atoms with van der Waals surface area (Å²) in [6.45, 7) is 5.25. The lowest BCUT2D eigenvalue weighted by molar-refractivity contribution is -0.140. The molecule has 114 valence electrons. The second kappa shape index (κ2) is 5.02. The van der Waals surface area contributed by atoms with E-state index >= 15 is 0 Å². The van der Waals surface area contributed by atoms with Crippen LogP contribution in [0.3, 0.4) is 0 Å². The maximum atomic E-state index is 12.3. The number of hydrogen-bond acceptors (Lipinski definition) is 5. The van der Waals surface area contributed by atoms with E-state index in [0.29, 0.717) is 0 Å². The van der Waals surface area contributed by atoms with E-state index in [9.17, 15) is 14.4 Å². The van der Waals surface area contributed by atoms with E-state index in [-0.39, 0.29) is 17.1 Å². The fourth-order valence-electron chi connectivity index (χ4n) is 3.31. The lowest BCUT2D eigenvalue weighted by Crippen LogP contribution is -2.48. The fourth-order valence-corrected chi connectivity index (χ4v) is 3.31. The molecule has 0 fully saturated rings. The number of rotatable bonds is 2. The molecule has 1 aliphatic carbocycles. The van der Waals surface area contributed by atoms with Crippen molar-refractivity contribution in [2.24, 2.45) is 11.8 Å². The molecule has 0 saturated carbocycles. The van der Waals surface area contributed by atoms with E-state index in [1.807, 2.05) is 6.92 Å². The molecule has 0 radical (unpaired) electrons. The van der Waals surface area contributed by atoms with Gasteiger partial charge in [0.1, 0.15) is 0 Å². The van der Waals surface area contributed by atoms with Gasteiger partial charge in [-0.1, -0.05) is 18.6 Å². The van der Waals surface area contributed by atoms with Gasteiger partial charge in [0.15, 0.2) is 0 Å². The van der Waals surface area contributed by atoms with Crippen LogP contribution in [0.2, 0.25) is 0 Å². The van der Waals surface area contributed by atoms with Crippen molar-refractivity contribution in [1.82, 2.24) is 5.32 Å². The molecule has 1 amide bonds. The lowest BCUT2D eigenvalue weighted by atomic mass is 9.72. The molecular formula is C15H19NO5. The largest absolute Gasteiger partial charge is 0.466 e. The Morgan fingerprint density at radius 2 is 1.81 bits per heavy atom. The summed E-state index contributed by atoms with van der Waals surface area (Å²) in [6, 6.07) is 0. The second-order valence-electron chi connectivity index (χ2n) is 5.62. The van der Waals surface area contributed by atoms with Crippen LogP contribution in [0, 0.1) is 11.8 Å². The van der Waals surface area contributed by atoms with E-state index in [0.717, 1.165) is 5.57 Å². The molecular weight excluding hydrogens is 274 g/mol. The van der Waals surface area contributed by atoms with Crippen molar-refractivity contribution in [2.75, 3.05) is 14.2 Å². The number of fused-ring (bicyclic) bond motifs is 2. The predicted octanol–water partition coefficient (Wildman–Crippen LogP) is 0.730. The lowest BCUT2D eigenvalue weighted by Gasteiger charge is -2.33. The van der Waals surface area contributed by atoms with Gasteiger partial charge in [0.05, 0.1) is 30.9 Å². The summed E-state index contributed by atoms with van der Waals surface area (Å²) in [5.41, 5.74) is 0.137. The van der Waals surface area contributed by atoms with Crippen LogP contribution in [0.1, 0.15) is 20.8 Å². The van der Waals surface area contributed by atoms with Gasteiger partial charge in [-0.3, -0.25) is 4.79 Å². The van der Waals surface area contributed by atoms with Crippen LogP contribution in [-0.2, 0) is 23.9 Å². The number of hydrogen-bond donors (Lipinski definition) is 1. The van der Waals surface area contributed by atoms with Gasteiger partial charge < -0.3 is 14.8 Å². The van der Waals surface area contributed by atoms with E-state index in [4.69, 9.17) is 9.47 Å². The Morgan fingerprint density at radius 3 is 2.33 bits per heavy atom. The Balaban J connectivity index is 2.77. The van der Waals surface area contributed by atoms with Gasteiger partial charge in [-0.25, -0.2) is 9.59 Å². The third kappa shape index (κ3) is 2.14. The number of amides is 1. The maximum Gasteiger partial charge on any atom is 0.337 e. The summed E-state index contributed by atoms with van der Waals surface area (Å²) in [5.74, 6) is -2.42. The standard InChI is InChI=1S/C15H19NO5/c1-7-6-15(3)11(14(19)21-5)10(13(18)20-4)9(7)8(2)12(17)16-15/h6,8-9H,1-5H3,(H,16,17)/t8-,9-,15+/m1/s1. The Labute approximate surface area is 123 Å². The first-order valence-corrected chi connectivity index (χ1v) is 6.69. The number of carbonyl (C=O) groups excluding carboxylic acids is 3. The first-order chi connectivity index (χ1) is 9.76. The van der Waals surface area contributed by atoms with Gasteiger partial charge in [-0.2, -0.15) is 0 Å². The Bertz CT molecular complexity index is 589. The molecule has 0 unspecified atom stereocenters. The summed E-state index contributed by atoms with van der Waals surface area (Å²) in [5, 5.41) is 2.82. The van der Waals surface area contributed by atoms with E-state index in [1.165, 1.54) is 14.2 Å². The van der Waals surface area contributed by atoms with Crippen LogP contribution >= 0.6 is 0 Å². The first-order valence-electron chi connectivity index (χ1n) is 6.69. The third-order valence-corrected chi connectivity index (χ3v) is 4.20. The van der Waals surface area contributed by atoms with Gasteiger partial charge in [0, 0.05) is 11.8 Å². The van der Waals surface area contributed by atoms with Crippen LogP contribution in [0.4, 0.5) is 0 Å². The molecule has 0 saturated heterocycles. The highest BCUT2D eigenvalue weighted by Crippen LogP contribution is 2.44. The number of nitrogens with one attached hydrogen (secondary N) is 1. The Kier molecular flexibility index (Phi) is 3.65. The summed E-state index contributed by atoms with van der Waals surface area (Å²) in [7, 11) is 2.50. The van der Waals surface area contributed by atoms with Crippen molar-refractivity contribution in [3.63, 3.8) is 0 Å². The zero-order valence-electron chi connectivity index (χ0n) is 12.8. The summed E-state index contributed by atoms with van der Waals surface area (Å²) in [6.07, 6.45) is 1.80. The number of carbonyl (C=O) groups is 3. The average molecular weight is 293 g/mol. The molecule has 3 atom stereocenters. The van der Waals surface area contributed by atoms with Crippen molar-refractivity contribution in [3.05, 3.63) is 22.8 Å². The highest BCUT2D eigenvalue weighted by atomic mass is 16.5. The van der Waals surface area contributed by atoms with Gasteiger partial charge in [-0.05, 0) is 13.8 Å². The second-order valence-corrected chi connectivity index (χ2v) is 5.62. The molecule has 1 N–H and O–H groups in total. The number of allylic oxidation sites excluding steroid dienone is 1. The van der Waals surface area contributed by atoms with Crippen LogP contribution < -0.4 is 5.32 Å². The van der Waals surface area contributed by atoms with Crippen LogP contribution in [0.5, 0.6) is 0 Å². The molecule has 0 aromatic carbocycles. The number of ether oxygens (including phenoxy) is 2. The molecule has 3 rings (SSSR count). The van der Waals surface area contributed by atoms with E-state index in [1.54, 1.807) is 19.9 Å². The highest BCUT2D eigenvalue weighted by Gasteiger charge is 2.50. The van der Waals surface area contributed by atoms with Crippen molar-refractivity contribution < 1.29 is 23.9 Å². The van der Waals surface area contributed by atoms with Crippen molar-refractivity contribution in [2.45, 2.75) is 26.3 Å². The molecule has 0 spiro atoms. The predicted molar refractivity (Wildman–Crippen MR) is 74.0 cm³/mol. The summed E-state index contributed by atoms with van der Waals surface area (Å²) in [4.78, 5) is 36.7. The van der Waals surface area contributed by atoms with Gasteiger partial charge >= 0.3 is 11.9 Å². The summed E-state index contributed by atoms with van der Waals surface area (Å²) < 4.78 is 9.64. The topological polar surface area (TPSA) is 81.7 Å². The molecule has 21 heavy (non-hydrogen) atoms. The zero-order valence-corrected chi connectivity index (χ0v) is 12.8. The van der Waals surface area contributed by atoms with Crippen molar-refractivity contribution in [1.29, 1.82) is 0 Å². The quantitative estimate of drug-likeness (QED) is 0.599. The monoisotopic (exact) mass is 293 g/mol. The number of methoxy groups -OCH3 is 2. The third-order valence-electron chi connectivity index (χ3n) is 4.20. The number of esters is 2. The molecule has 6 nitrogen and oxygen atoms in total. The zero-order chi connectivity index (χ0) is 15.9. The molecule has 0 aromatic heterocycles. The molecule has 2 bridgehead atoms.